The van der Waals surface area contributed by atoms with Crippen LogP contribution in [-0.4, -0.2) is 66.6 Å². The van der Waals surface area contributed by atoms with Crippen molar-refractivity contribution in [3.63, 3.8) is 0 Å². The third kappa shape index (κ3) is 2.92. The quantitative estimate of drug-likeness (QED) is 0.748. The summed E-state index contributed by atoms with van der Waals surface area (Å²) in [6.45, 7) is 1.05. The van der Waals surface area contributed by atoms with E-state index in [-0.39, 0.29) is 24.7 Å². The Balaban J connectivity index is 1.80. The zero-order chi connectivity index (χ0) is 15.0. The first kappa shape index (κ1) is 14.4. The van der Waals surface area contributed by atoms with Crippen LogP contribution in [0.5, 0.6) is 0 Å². The molecule has 0 saturated carbocycles. The van der Waals surface area contributed by atoms with E-state index in [1.54, 1.807) is 17.3 Å². The van der Waals surface area contributed by atoms with Gasteiger partial charge in [0.15, 0.2) is 0 Å². The lowest BCUT2D eigenvalue weighted by molar-refractivity contribution is -0.153. The van der Waals surface area contributed by atoms with E-state index in [0.29, 0.717) is 19.6 Å². The van der Waals surface area contributed by atoms with Crippen molar-refractivity contribution in [1.82, 2.24) is 14.2 Å². The fourth-order valence-electron chi connectivity index (χ4n) is 2.79. The molecule has 114 valence electrons. The molecule has 3 heterocycles. The summed E-state index contributed by atoms with van der Waals surface area (Å²) in [7, 11) is -3.27. The number of pyridine rings is 1. The lowest BCUT2D eigenvalue weighted by Crippen LogP contribution is -2.53. The van der Waals surface area contributed by atoms with E-state index in [1.165, 1.54) is 10.6 Å². The van der Waals surface area contributed by atoms with Crippen LogP contribution < -0.4 is 0 Å². The Morgan fingerprint density at radius 2 is 2.05 bits per heavy atom. The van der Waals surface area contributed by atoms with Crippen LogP contribution in [0, 0.1) is 0 Å². The Morgan fingerprint density at radius 1 is 1.33 bits per heavy atom. The maximum Gasteiger partial charge on any atom is 0.249 e. The minimum absolute atomic E-state index is 0.00382. The monoisotopic (exact) mass is 311 g/mol. The molecule has 1 aromatic rings. The van der Waals surface area contributed by atoms with Crippen molar-refractivity contribution in [3.8, 4) is 0 Å². The van der Waals surface area contributed by atoms with Crippen LogP contribution in [-0.2, 0) is 26.1 Å². The molecule has 2 atom stereocenters. The van der Waals surface area contributed by atoms with Crippen LogP contribution in [0.3, 0.4) is 0 Å². The summed E-state index contributed by atoms with van der Waals surface area (Å²) >= 11 is 0. The molecule has 0 radical (unpaired) electrons. The number of sulfonamides is 1. The third-order valence-corrected chi connectivity index (χ3v) is 5.15. The predicted octanol–water partition coefficient (Wildman–Crippen LogP) is -0.547. The van der Waals surface area contributed by atoms with E-state index in [2.05, 4.69) is 4.98 Å². The lowest BCUT2D eigenvalue weighted by atomic mass is 10.1. The van der Waals surface area contributed by atoms with E-state index in [9.17, 15) is 13.2 Å². The second-order valence-corrected chi connectivity index (χ2v) is 7.36. The fourth-order valence-corrected chi connectivity index (χ4v) is 3.63. The van der Waals surface area contributed by atoms with Crippen molar-refractivity contribution in [1.29, 1.82) is 0 Å². The standard InChI is InChI=1S/C13H17N3O4S/c1-21(18,19)15-7-11-12(8-15)20-9-13(17)16(11)6-10-2-4-14-5-3-10/h2-5,11-12H,6-9H2,1H3/t11-,12-/m1/s1. The largest absolute Gasteiger partial charge is 0.365 e. The van der Waals surface area contributed by atoms with Gasteiger partial charge in [-0.05, 0) is 17.7 Å². The highest BCUT2D eigenvalue weighted by molar-refractivity contribution is 7.88. The van der Waals surface area contributed by atoms with Gasteiger partial charge in [-0.1, -0.05) is 0 Å². The van der Waals surface area contributed by atoms with Gasteiger partial charge in [0.2, 0.25) is 15.9 Å². The van der Waals surface area contributed by atoms with Crippen LogP contribution in [0.2, 0.25) is 0 Å². The maximum atomic E-state index is 12.1. The Hall–Kier alpha value is -1.51. The molecular weight excluding hydrogens is 294 g/mol. The molecule has 0 aliphatic carbocycles. The molecule has 2 saturated heterocycles. The Labute approximate surface area is 123 Å². The van der Waals surface area contributed by atoms with Gasteiger partial charge < -0.3 is 9.64 Å². The molecular formula is C13H17N3O4S. The molecule has 0 N–H and O–H groups in total. The van der Waals surface area contributed by atoms with E-state index in [1.807, 2.05) is 12.1 Å². The Morgan fingerprint density at radius 3 is 2.71 bits per heavy atom. The molecule has 8 heteroatoms. The van der Waals surface area contributed by atoms with Gasteiger partial charge in [0.05, 0.1) is 18.4 Å². The highest BCUT2D eigenvalue weighted by Gasteiger charge is 2.45. The number of nitrogens with zero attached hydrogens (tertiary/aromatic N) is 3. The van der Waals surface area contributed by atoms with E-state index >= 15 is 0 Å². The van der Waals surface area contributed by atoms with Crippen LogP contribution in [0.4, 0.5) is 0 Å². The molecule has 1 amide bonds. The van der Waals surface area contributed by atoms with Gasteiger partial charge in [-0.2, -0.15) is 4.31 Å². The number of morpholine rings is 1. The average molecular weight is 311 g/mol. The minimum Gasteiger partial charge on any atom is -0.365 e. The van der Waals surface area contributed by atoms with Crippen molar-refractivity contribution < 1.29 is 17.9 Å². The van der Waals surface area contributed by atoms with Gasteiger partial charge in [0.1, 0.15) is 6.61 Å². The first-order chi connectivity index (χ1) is 9.95. The first-order valence-electron chi connectivity index (χ1n) is 6.70. The fraction of sp³-hybridized carbons (Fsp3) is 0.538. The molecule has 0 spiro atoms. The summed E-state index contributed by atoms with van der Waals surface area (Å²) in [5, 5.41) is 0. The van der Waals surface area contributed by atoms with Crippen molar-refractivity contribution in [2.24, 2.45) is 0 Å². The van der Waals surface area contributed by atoms with Crippen molar-refractivity contribution >= 4 is 15.9 Å². The van der Waals surface area contributed by atoms with Gasteiger partial charge in [-0.25, -0.2) is 8.42 Å². The van der Waals surface area contributed by atoms with Gasteiger partial charge in [-0.15, -0.1) is 0 Å². The topological polar surface area (TPSA) is 79.8 Å². The molecule has 0 bridgehead atoms. The molecule has 2 aliphatic heterocycles. The summed E-state index contributed by atoms with van der Waals surface area (Å²) in [6.07, 6.45) is 4.28. The number of amides is 1. The number of hydrogen-bond acceptors (Lipinski definition) is 5. The first-order valence-corrected chi connectivity index (χ1v) is 8.55. The second-order valence-electron chi connectivity index (χ2n) is 5.37. The number of aromatic nitrogens is 1. The van der Waals surface area contributed by atoms with Gasteiger partial charge in [0.25, 0.3) is 0 Å². The highest BCUT2D eigenvalue weighted by Crippen LogP contribution is 2.26. The van der Waals surface area contributed by atoms with Gasteiger partial charge in [0, 0.05) is 32.0 Å². The van der Waals surface area contributed by atoms with Gasteiger partial charge >= 0.3 is 0 Å². The molecule has 0 aromatic carbocycles. The zero-order valence-electron chi connectivity index (χ0n) is 11.7. The molecule has 2 aliphatic rings. The molecule has 2 fully saturated rings. The van der Waals surface area contributed by atoms with E-state index < -0.39 is 10.0 Å². The molecule has 7 nitrogen and oxygen atoms in total. The maximum absolute atomic E-state index is 12.1. The van der Waals surface area contributed by atoms with Crippen LogP contribution in [0.25, 0.3) is 0 Å². The van der Waals surface area contributed by atoms with Gasteiger partial charge in [-0.3, -0.25) is 9.78 Å². The summed E-state index contributed by atoms with van der Waals surface area (Å²) in [4.78, 5) is 17.8. The summed E-state index contributed by atoms with van der Waals surface area (Å²) < 4.78 is 30.2. The smallest absolute Gasteiger partial charge is 0.249 e. The Bertz CT molecular complexity index is 634. The molecule has 0 unspecified atom stereocenters. The minimum atomic E-state index is -3.27. The van der Waals surface area contributed by atoms with E-state index in [4.69, 9.17) is 4.74 Å². The van der Waals surface area contributed by atoms with Crippen LogP contribution in [0.1, 0.15) is 5.56 Å². The number of carbonyl (C=O) groups excluding carboxylic acids is 1. The van der Waals surface area contributed by atoms with Crippen molar-refractivity contribution in [2.45, 2.75) is 18.7 Å². The van der Waals surface area contributed by atoms with Crippen LogP contribution >= 0.6 is 0 Å². The number of hydrogen-bond donors (Lipinski definition) is 0. The summed E-state index contributed by atoms with van der Waals surface area (Å²) in [5.41, 5.74) is 0.969. The molecule has 1 aromatic heterocycles. The van der Waals surface area contributed by atoms with Crippen molar-refractivity contribution in [2.75, 3.05) is 26.0 Å². The SMILES string of the molecule is CS(=O)(=O)N1C[C@@H]2[C@@H](C1)OCC(=O)N2Cc1ccncc1. The molecule has 3 rings (SSSR count). The third-order valence-electron chi connectivity index (χ3n) is 3.92. The zero-order valence-corrected chi connectivity index (χ0v) is 12.5. The summed E-state index contributed by atoms with van der Waals surface area (Å²) in [6, 6.07) is 3.47. The number of rotatable bonds is 3. The van der Waals surface area contributed by atoms with E-state index in [0.717, 1.165) is 5.56 Å². The summed E-state index contributed by atoms with van der Waals surface area (Å²) in [5.74, 6) is -0.108. The van der Waals surface area contributed by atoms with Crippen LogP contribution in [0.15, 0.2) is 24.5 Å². The lowest BCUT2D eigenvalue weighted by Gasteiger charge is -2.36. The second kappa shape index (κ2) is 5.36. The average Bonchev–Trinajstić information content (AvgIpc) is 2.88. The normalized spacial score (nSPS) is 26.9. The number of ether oxygens (including phenoxy) is 1. The number of fused-ring (bicyclic) bond motifs is 1. The van der Waals surface area contributed by atoms with Crippen molar-refractivity contribution in [3.05, 3.63) is 30.1 Å². The number of carbonyl (C=O) groups is 1. The molecule has 21 heavy (non-hydrogen) atoms. The Kier molecular flexibility index (Phi) is 3.68. The highest BCUT2D eigenvalue weighted by atomic mass is 32.2. The predicted molar refractivity (Wildman–Crippen MR) is 74.7 cm³/mol.